The highest BCUT2D eigenvalue weighted by Gasteiger charge is 2.28. The molecule has 1 aliphatic rings. The number of benzene rings is 1. The van der Waals surface area contributed by atoms with Crippen molar-refractivity contribution in [3.63, 3.8) is 0 Å². The van der Waals surface area contributed by atoms with Crippen LogP contribution in [0.1, 0.15) is 26.2 Å². The number of hydrogen-bond donors (Lipinski definition) is 1. The zero-order valence-corrected chi connectivity index (χ0v) is 15.6. The van der Waals surface area contributed by atoms with Crippen LogP contribution in [0.4, 0.5) is 10.1 Å². The molecule has 1 fully saturated rings. The quantitative estimate of drug-likeness (QED) is 0.705. The third kappa shape index (κ3) is 5.67. The van der Waals surface area contributed by atoms with Gasteiger partial charge in [0, 0.05) is 6.54 Å². The number of amides is 1. The molecule has 0 bridgehead atoms. The summed E-state index contributed by atoms with van der Waals surface area (Å²) in [7, 11) is -3.68. The molecule has 0 radical (unpaired) electrons. The van der Waals surface area contributed by atoms with Crippen molar-refractivity contribution in [2.24, 2.45) is 0 Å². The molecular formula is C17H26FN3O3S. The summed E-state index contributed by atoms with van der Waals surface area (Å²) in [6, 6.07) is 4.15. The van der Waals surface area contributed by atoms with Crippen molar-refractivity contribution < 1.29 is 17.6 Å². The van der Waals surface area contributed by atoms with Gasteiger partial charge in [0.2, 0.25) is 15.9 Å². The fraction of sp³-hybridized carbons (Fsp3) is 0.588. The van der Waals surface area contributed by atoms with Gasteiger partial charge in [0.05, 0.1) is 11.9 Å². The summed E-state index contributed by atoms with van der Waals surface area (Å²) in [5, 5.41) is 2.79. The van der Waals surface area contributed by atoms with Gasteiger partial charge in [0.1, 0.15) is 11.9 Å². The zero-order chi connectivity index (χ0) is 18.4. The van der Waals surface area contributed by atoms with Gasteiger partial charge in [-0.3, -0.25) is 9.10 Å². The Morgan fingerprint density at radius 2 is 1.88 bits per heavy atom. The number of nitrogens with one attached hydrogen (secondary N) is 1. The van der Waals surface area contributed by atoms with E-state index < -0.39 is 21.9 Å². The number of sulfonamides is 1. The summed E-state index contributed by atoms with van der Waals surface area (Å²) in [5.41, 5.74) is 0.267. The Morgan fingerprint density at radius 1 is 1.28 bits per heavy atom. The van der Waals surface area contributed by atoms with Crippen molar-refractivity contribution in [2.45, 2.75) is 32.2 Å². The van der Waals surface area contributed by atoms with Crippen LogP contribution in [0.5, 0.6) is 0 Å². The van der Waals surface area contributed by atoms with Crippen molar-refractivity contribution >= 4 is 21.6 Å². The topological polar surface area (TPSA) is 69.7 Å². The summed E-state index contributed by atoms with van der Waals surface area (Å²) in [6.45, 7) is 5.18. The van der Waals surface area contributed by atoms with Crippen LogP contribution in [0.15, 0.2) is 24.3 Å². The van der Waals surface area contributed by atoms with Crippen LogP contribution in [0.25, 0.3) is 0 Å². The first kappa shape index (κ1) is 19.7. The number of nitrogens with zero attached hydrogens (tertiary/aromatic N) is 2. The maximum absolute atomic E-state index is 13.1. The smallest absolute Gasteiger partial charge is 0.243 e. The second-order valence-corrected chi connectivity index (χ2v) is 8.26. The third-order valence-electron chi connectivity index (χ3n) is 4.32. The van der Waals surface area contributed by atoms with Crippen LogP contribution in [-0.4, -0.2) is 57.7 Å². The minimum atomic E-state index is -3.68. The summed E-state index contributed by atoms with van der Waals surface area (Å²) in [4.78, 5) is 14.7. The molecule has 140 valence electrons. The van der Waals surface area contributed by atoms with E-state index in [0.717, 1.165) is 36.6 Å². The lowest BCUT2D eigenvalue weighted by Crippen LogP contribution is -2.48. The lowest BCUT2D eigenvalue weighted by Gasteiger charge is -2.28. The molecule has 8 heteroatoms. The molecule has 1 unspecified atom stereocenters. The Morgan fingerprint density at radius 3 is 2.44 bits per heavy atom. The molecule has 1 saturated heterocycles. The first-order chi connectivity index (χ1) is 11.8. The minimum Gasteiger partial charge on any atom is -0.354 e. The van der Waals surface area contributed by atoms with Gasteiger partial charge in [-0.05, 0) is 70.1 Å². The van der Waals surface area contributed by atoms with Gasteiger partial charge in [0.15, 0.2) is 0 Å². The molecule has 1 amide bonds. The van der Waals surface area contributed by atoms with E-state index in [4.69, 9.17) is 0 Å². The van der Waals surface area contributed by atoms with Crippen LogP contribution >= 0.6 is 0 Å². The van der Waals surface area contributed by atoms with Crippen molar-refractivity contribution in [1.29, 1.82) is 0 Å². The molecule has 0 saturated carbocycles. The van der Waals surface area contributed by atoms with Crippen molar-refractivity contribution in [3.05, 3.63) is 30.1 Å². The molecule has 2 rings (SSSR count). The molecule has 0 aliphatic carbocycles. The number of carbonyl (C=O) groups is 1. The van der Waals surface area contributed by atoms with Crippen LogP contribution in [0.2, 0.25) is 0 Å². The average molecular weight is 371 g/mol. The lowest BCUT2D eigenvalue weighted by molar-refractivity contribution is -0.121. The van der Waals surface area contributed by atoms with Crippen LogP contribution < -0.4 is 9.62 Å². The largest absolute Gasteiger partial charge is 0.354 e. The van der Waals surface area contributed by atoms with E-state index in [1.165, 1.54) is 44.0 Å². The number of halogens is 1. The second-order valence-electron chi connectivity index (χ2n) is 6.40. The molecule has 6 nitrogen and oxygen atoms in total. The summed E-state index contributed by atoms with van der Waals surface area (Å²) < 4.78 is 38.3. The summed E-state index contributed by atoms with van der Waals surface area (Å²) >= 11 is 0. The van der Waals surface area contributed by atoms with Crippen molar-refractivity contribution in [1.82, 2.24) is 10.2 Å². The van der Waals surface area contributed by atoms with Gasteiger partial charge in [-0.1, -0.05) is 0 Å². The molecule has 0 spiro atoms. The van der Waals surface area contributed by atoms with Crippen LogP contribution in [0.3, 0.4) is 0 Å². The SMILES string of the molecule is CC(C(=O)NCCCN1CCCC1)N(c1ccc(F)cc1)S(C)(=O)=O. The molecule has 1 heterocycles. The number of likely N-dealkylation sites (tertiary alicyclic amines) is 1. The fourth-order valence-corrected chi connectivity index (χ4v) is 4.24. The number of anilines is 1. The number of hydrogen-bond acceptors (Lipinski definition) is 4. The normalized spacial score (nSPS) is 16.6. The first-order valence-corrected chi connectivity index (χ1v) is 10.4. The average Bonchev–Trinajstić information content (AvgIpc) is 3.05. The summed E-state index contributed by atoms with van der Waals surface area (Å²) in [5.74, 6) is -0.826. The zero-order valence-electron chi connectivity index (χ0n) is 14.7. The predicted molar refractivity (Wildman–Crippen MR) is 96.5 cm³/mol. The molecule has 1 N–H and O–H groups in total. The van der Waals surface area contributed by atoms with Gasteiger partial charge >= 0.3 is 0 Å². The highest BCUT2D eigenvalue weighted by molar-refractivity contribution is 7.92. The maximum atomic E-state index is 13.1. The van der Waals surface area contributed by atoms with Crippen molar-refractivity contribution in [2.75, 3.05) is 36.7 Å². The molecule has 1 atom stereocenters. The molecular weight excluding hydrogens is 345 g/mol. The summed E-state index contributed by atoms with van der Waals surface area (Å²) in [6.07, 6.45) is 4.32. The minimum absolute atomic E-state index is 0.267. The van der Waals surface area contributed by atoms with E-state index in [0.29, 0.717) is 6.54 Å². The molecule has 1 aliphatic heterocycles. The number of rotatable bonds is 8. The van der Waals surface area contributed by atoms with Gasteiger partial charge in [0.25, 0.3) is 0 Å². The van der Waals surface area contributed by atoms with Gasteiger partial charge in [-0.15, -0.1) is 0 Å². The van der Waals surface area contributed by atoms with E-state index >= 15 is 0 Å². The van der Waals surface area contributed by atoms with E-state index in [-0.39, 0.29) is 11.6 Å². The molecule has 25 heavy (non-hydrogen) atoms. The highest BCUT2D eigenvalue weighted by atomic mass is 32.2. The Kier molecular flexibility index (Phi) is 6.78. The van der Waals surface area contributed by atoms with E-state index in [2.05, 4.69) is 10.2 Å². The van der Waals surface area contributed by atoms with E-state index in [9.17, 15) is 17.6 Å². The second kappa shape index (κ2) is 8.62. The molecule has 1 aromatic carbocycles. The molecule has 1 aromatic rings. The molecule has 0 aromatic heterocycles. The predicted octanol–water partition coefficient (Wildman–Crippen LogP) is 1.58. The number of carbonyl (C=O) groups excluding carboxylic acids is 1. The fourth-order valence-electron chi connectivity index (χ4n) is 3.06. The van der Waals surface area contributed by atoms with E-state index in [1.807, 2.05) is 0 Å². The standard InChI is InChI=1S/C17H26FN3O3S/c1-14(17(22)19-10-5-13-20-11-3-4-12-20)21(25(2,23)24)16-8-6-15(18)7-9-16/h6-9,14H,3-5,10-13H2,1-2H3,(H,19,22). The van der Waals surface area contributed by atoms with Crippen LogP contribution in [0, 0.1) is 5.82 Å². The van der Waals surface area contributed by atoms with Gasteiger partial charge in [-0.2, -0.15) is 0 Å². The third-order valence-corrected chi connectivity index (χ3v) is 5.56. The monoisotopic (exact) mass is 371 g/mol. The Labute approximate surface area is 149 Å². The highest BCUT2D eigenvalue weighted by Crippen LogP contribution is 2.21. The Balaban J connectivity index is 1.94. The lowest BCUT2D eigenvalue weighted by atomic mass is 10.2. The first-order valence-electron chi connectivity index (χ1n) is 8.54. The van der Waals surface area contributed by atoms with E-state index in [1.54, 1.807) is 0 Å². The van der Waals surface area contributed by atoms with Gasteiger partial charge < -0.3 is 10.2 Å². The maximum Gasteiger partial charge on any atom is 0.243 e. The Bertz CT molecular complexity index is 673. The van der Waals surface area contributed by atoms with Crippen LogP contribution in [-0.2, 0) is 14.8 Å². The van der Waals surface area contributed by atoms with Gasteiger partial charge in [-0.25, -0.2) is 12.8 Å². The van der Waals surface area contributed by atoms with Crippen molar-refractivity contribution in [3.8, 4) is 0 Å². The Hall–Kier alpha value is -1.67.